The molecule has 20 heavy (non-hydrogen) atoms. The summed E-state index contributed by atoms with van der Waals surface area (Å²) in [6.45, 7) is 13.0. The molecule has 0 aliphatic rings. The summed E-state index contributed by atoms with van der Waals surface area (Å²) in [5.41, 5.74) is 1.30. The number of rotatable bonds is 6. The number of aliphatic hydroxyl groups is 1. The van der Waals surface area contributed by atoms with Gasteiger partial charge in [0.15, 0.2) is 8.32 Å². The highest BCUT2D eigenvalue weighted by Gasteiger charge is 2.39. The predicted molar refractivity (Wildman–Crippen MR) is 88.5 cm³/mol. The maximum Gasteiger partial charge on any atom is 0.192 e. The molecule has 0 amide bonds. The molecule has 0 radical (unpaired) electrons. The Morgan fingerprint density at radius 3 is 2.15 bits per heavy atom. The van der Waals surface area contributed by atoms with Gasteiger partial charge in [-0.3, -0.25) is 0 Å². The Morgan fingerprint density at radius 1 is 1.15 bits per heavy atom. The zero-order chi connectivity index (χ0) is 15.4. The van der Waals surface area contributed by atoms with Crippen LogP contribution >= 0.6 is 0 Å². The van der Waals surface area contributed by atoms with Crippen molar-refractivity contribution >= 4 is 8.32 Å². The second kappa shape index (κ2) is 6.88. The summed E-state index contributed by atoms with van der Waals surface area (Å²) < 4.78 is 6.37. The molecule has 2 atom stereocenters. The lowest BCUT2D eigenvalue weighted by Gasteiger charge is -2.40. The Balaban J connectivity index is 2.66. The third-order valence-electron chi connectivity index (χ3n) is 4.35. The van der Waals surface area contributed by atoms with Crippen molar-refractivity contribution in [3.63, 3.8) is 0 Å². The zero-order valence-corrected chi connectivity index (χ0v) is 14.8. The van der Waals surface area contributed by atoms with Gasteiger partial charge in [-0.05, 0) is 43.5 Å². The van der Waals surface area contributed by atoms with E-state index in [9.17, 15) is 5.11 Å². The molecule has 0 heterocycles. The Bertz CT molecular complexity index is 393. The molecule has 0 aliphatic heterocycles. The van der Waals surface area contributed by atoms with Crippen LogP contribution in [-0.4, -0.2) is 25.6 Å². The van der Waals surface area contributed by atoms with Crippen molar-refractivity contribution in [1.82, 2.24) is 0 Å². The largest absolute Gasteiger partial charge is 0.411 e. The van der Waals surface area contributed by atoms with E-state index >= 15 is 0 Å². The minimum absolute atomic E-state index is 0.0731. The summed E-state index contributed by atoms with van der Waals surface area (Å²) in [6.07, 6.45) is 1.32. The number of hydrogen-bond donors (Lipinski definition) is 1. The van der Waals surface area contributed by atoms with E-state index in [0.29, 0.717) is 0 Å². The third kappa shape index (κ3) is 5.04. The molecule has 0 spiro atoms. The average molecular weight is 295 g/mol. The molecule has 1 N–H and O–H groups in total. The van der Waals surface area contributed by atoms with Crippen molar-refractivity contribution in [2.45, 2.75) is 70.9 Å². The van der Waals surface area contributed by atoms with Crippen LogP contribution in [0.2, 0.25) is 18.1 Å². The van der Waals surface area contributed by atoms with Crippen molar-refractivity contribution in [3.8, 4) is 0 Å². The highest BCUT2D eigenvalue weighted by molar-refractivity contribution is 6.74. The van der Waals surface area contributed by atoms with Gasteiger partial charge in [0.25, 0.3) is 0 Å². The highest BCUT2D eigenvalue weighted by Crippen LogP contribution is 2.38. The van der Waals surface area contributed by atoms with Gasteiger partial charge in [0.1, 0.15) is 0 Å². The Hall–Kier alpha value is -0.643. The van der Waals surface area contributed by atoms with Crippen LogP contribution in [0.5, 0.6) is 0 Å². The molecule has 2 nitrogen and oxygen atoms in total. The molecule has 0 saturated heterocycles. The van der Waals surface area contributed by atoms with Crippen molar-refractivity contribution in [2.75, 3.05) is 0 Å². The maximum absolute atomic E-state index is 10.0. The predicted octanol–water partition coefficient (Wildman–Crippen LogP) is 4.39. The SMILES string of the molecule is C[C@H](O)[C@H](CCc1ccccc1)O[Si](C)(C)C(C)(C)C. The van der Waals surface area contributed by atoms with Crippen LogP contribution < -0.4 is 0 Å². The van der Waals surface area contributed by atoms with E-state index in [1.165, 1.54) is 5.56 Å². The van der Waals surface area contributed by atoms with Gasteiger partial charge >= 0.3 is 0 Å². The summed E-state index contributed by atoms with van der Waals surface area (Å²) in [5.74, 6) is 0. The van der Waals surface area contributed by atoms with Crippen LogP contribution in [0.15, 0.2) is 30.3 Å². The first-order valence-electron chi connectivity index (χ1n) is 7.53. The molecule has 0 saturated carbocycles. The number of aliphatic hydroxyl groups excluding tert-OH is 1. The van der Waals surface area contributed by atoms with Crippen molar-refractivity contribution < 1.29 is 9.53 Å². The zero-order valence-electron chi connectivity index (χ0n) is 13.8. The van der Waals surface area contributed by atoms with E-state index in [4.69, 9.17) is 4.43 Å². The maximum atomic E-state index is 10.0. The van der Waals surface area contributed by atoms with E-state index in [0.717, 1.165) is 12.8 Å². The molecule has 0 aliphatic carbocycles. The van der Waals surface area contributed by atoms with E-state index in [-0.39, 0.29) is 11.1 Å². The summed E-state index contributed by atoms with van der Waals surface area (Å²) in [6, 6.07) is 10.4. The Labute approximate surface area is 125 Å². The van der Waals surface area contributed by atoms with Crippen LogP contribution in [0.4, 0.5) is 0 Å². The molecule has 1 aromatic rings. The summed E-state index contributed by atoms with van der Waals surface area (Å²) in [5, 5.41) is 10.2. The van der Waals surface area contributed by atoms with Crippen LogP contribution in [0.25, 0.3) is 0 Å². The molecular formula is C17H30O2Si. The first-order valence-corrected chi connectivity index (χ1v) is 10.4. The normalized spacial score (nSPS) is 15.9. The average Bonchev–Trinajstić information content (AvgIpc) is 2.34. The third-order valence-corrected chi connectivity index (χ3v) is 8.85. The first kappa shape index (κ1) is 17.4. The van der Waals surface area contributed by atoms with Crippen molar-refractivity contribution in [3.05, 3.63) is 35.9 Å². The quantitative estimate of drug-likeness (QED) is 0.788. The lowest BCUT2D eigenvalue weighted by molar-refractivity contribution is 0.0344. The van der Waals surface area contributed by atoms with Crippen LogP contribution in [-0.2, 0) is 10.8 Å². The fourth-order valence-corrected chi connectivity index (χ4v) is 3.33. The Morgan fingerprint density at radius 2 is 1.70 bits per heavy atom. The van der Waals surface area contributed by atoms with Gasteiger partial charge in [0.05, 0.1) is 12.2 Å². The highest BCUT2D eigenvalue weighted by atomic mass is 28.4. The topological polar surface area (TPSA) is 29.5 Å². The molecular weight excluding hydrogens is 264 g/mol. The van der Waals surface area contributed by atoms with Gasteiger partial charge in [-0.15, -0.1) is 0 Å². The fourth-order valence-electron chi connectivity index (χ4n) is 1.91. The van der Waals surface area contributed by atoms with Gasteiger partial charge in [0, 0.05) is 0 Å². The number of hydrogen-bond acceptors (Lipinski definition) is 2. The first-order chi connectivity index (χ1) is 9.13. The summed E-state index contributed by atoms with van der Waals surface area (Å²) in [7, 11) is -1.83. The van der Waals surface area contributed by atoms with Crippen LogP contribution in [0, 0.1) is 0 Å². The second-order valence-electron chi connectivity index (χ2n) is 7.18. The second-order valence-corrected chi connectivity index (χ2v) is 11.9. The Kier molecular flexibility index (Phi) is 5.99. The van der Waals surface area contributed by atoms with Gasteiger partial charge in [-0.2, -0.15) is 0 Å². The van der Waals surface area contributed by atoms with Gasteiger partial charge in [0.2, 0.25) is 0 Å². The van der Waals surface area contributed by atoms with Gasteiger partial charge in [-0.25, -0.2) is 0 Å². The molecule has 114 valence electrons. The molecule has 3 heteroatoms. The van der Waals surface area contributed by atoms with E-state index in [2.05, 4.69) is 58.1 Å². The molecule has 1 rings (SSSR count). The molecule has 0 bridgehead atoms. The molecule has 0 unspecified atom stereocenters. The number of aryl methyl sites for hydroxylation is 1. The lowest BCUT2D eigenvalue weighted by Crippen LogP contribution is -2.46. The van der Waals surface area contributed by atoms with Crippen LogP contribution in [0.3, 0.4) is 0 Å². The molecule has 0 fully saturated rings. The summed E-state index contributed by atoms with van der Waals surface area (Å²) >= 11 is 0. The number of benzene rings is 1. The van der Waals surface area contributed by atoms with E-state index in [1.807, 2.05) is 13.0 Å². The minimum atomic E-state index is -1.83. The lowest BCUT2D eigenvalue weighted by atomic mass is 10.0. The van der Waals surface area contributed by atoms with Crippen molar-refractivity contribution in [1.29, 1.82) is 0 Å². The van der Waals surface area contributed by atoms with E-state index < -0.39 is 14.4 Å². The fraction of sp³-hybridized carbons (Fsp3) is 0.647. The van der Waals surface area contributed by atoms with Gasteiger partial charge in [-0.1, -0.05) is 51.1 Å². The van der Waals surface area contributed by atoms with E-state index in [1.54, 1.807) is 0 Å². The monoisotopic (exact) mass is 294 g/mol. The van der Waals surface area contributed by atoms with Crippen LogP contribution in [0.1, 0.15) is 39.7 Å². The standard InChI is InChI=1S/C17H30O2Si/c1-14(18)16(19-20(5,6)17(2,3)4)13-12-15-10-8-7-9-11-15/h7-11,14,16,18H,12-13H2,1-6H3/t14-,16-/m0/s1. The minimum Gasteiger partial charge on any atom is -0.411 e. The van der Waals surface area contributed by atoms with Gasteiger partial charge < -0.3 is 9.53 Å². The molecule has 0 aromatic heterocycles. The smallest absolute Gasteiger partial charge is 0.192 e. The van der Waals surface area contributed by atoms with Crippen molar-refractivity contribution in [2.24, 2.45) is 0 Å². The molecule has 1 aromatic carbocycles. The summed E-state index contributed by atoms with van der Waals surface area (Å²) in [4.78, 5) is 0.